The van der Waals surface area contributed by atoms with Crippen LogP contribution in [0.1, 0.15) is 37.5 Å². The van der Waals surface area contributed by atoms with E-state index in [-0.39, 0.29) is 22.8 Å². The fourth-order valence-corrected chi connectivity index (χ4v) is 4.92. The van der Waals surface area contributed by atoms with Crippen LogP contribution in [0.4, 0.5) is 11.4 Å². The number of rotatable bonds is 7. The Morgan fingerprint density at radius 1 is 0.912 bits per heavy atom. The maximum atomic E-state index is 12.7. The van der Waals surface area contributed by atoms with Gasteiger partial charge in [-0.3, -0.25) is 9.52 Å². The molecular formula is C26H29BrN2O4S. The molecule has 3 rings (SSSR count). The quantitative estimate of drug-likeness (QED) is 0.371. The van der Waals surface area contributed by atoms with Crippen LogP contribution in [-0.2, 0) is 20.2 Å². The first-order chi connectivity index (χ1) is 15.8. The molecule has 0 fully saturated rings. The summed E-state index contributed by atoms with van der Waals surface area (Å²) in [5, 5.41) is 2.72. The van der Waals surface area contributed by atoms with E-state index in [2.05, 4.69) is 46.7 Å². The van der Waals surface area contributed by atoms with Gasteiger partial charge in [0.05, 0.1) is 9.37 Å². The second kappa shape index (κ2) is 10.2. The number of ether oxygens (including phenoxy) is 1. The average molecular weight is 545 g/mol. The number of carbonyl (C=O) groups excluding carboxylic acids is 1. The van der Waals surface area contributed by atoms with Gasteiger partial charge in [0, 0.05) is 11.4 Å². The third-order valence-corrected chi connectivity index (χ3v) is 7.10. The molecule has 0 unspecified atom stereocenters. The van der Waals surface area contributed by atoms with Crippen LogP contribution in [0.5, 0.6) is 5.75 Å². The molecule has 0 aliphatic carbocycles. The zero-order valence-electron chi connectivity index (χ0n) is 19.9. The van der Waals surface area contributed by atoms with Crippen molar-refractivity contribution in [1.82, 2.24) is 0 Å². The Balaban J connectivity index is 1.60. The fourth-order valence-electron chi connectivity index (χ4n) is 3.39. The molecule has 0 aliphatic heterocycles. The van der Waals surface area contributed by atoms with Crippen molar-refractivity contribution in [2.75, 3.05) is 16.6 Å². The zero-order valence-corrected chi connectivity index (χ0v) is 22.3. The summed E-state index contributed by atoms with van der Waals surface area (Å²) in [6.07, 6.45) is 0. The first-order valence-electron chi connectivity index (χ1n) is 10.8. The molecular weight excluding hydrogens is 516 g/mol. The topological polar surface area (TPSA) is 84.5 Å². The molecule has 0 saturated carbocycles. The van der Waals surface area contributed by atoms with E-state index < -0.39 is 10.0 Å². The number of hydrogen-bond acceptors (Lipinski definition) is 4. The van der Waals surface area contributed by atoms with Crippen molar-refractivity contribution < 1.29 is 17.9 Å². The monoisotopic (exact) mass is 544 g/mol. The van der Waals surface area contributed by atoms with Gasteiger partial charge in [0.1, 0.15) is 5.75 Å². The van der Waals surface area contributed by atoms with Crippen LogP contribution >= 0.6 is 15.9 Å². The molecule has 8 heteroatoms. The van der Waals surface area contributed by atoms with E-state index in [0.717, 1.165) is 21.2 Å². The normalized spacial score (nSPS) is 11.7. The maximum Gasteiger partial charge on any atom is 0.262 e. The summed E-state index contributed by atoms with van der Waals surface area (Å²) in [7, 11) is -3.75. The molecule has 3 aromatic carbocycles. The lowest BCUT2D eigenvalue weighted by molar-refractivity contribution is -0.118. The number of hydrogen-bond donors (Lipinski definition) is 2. The van der Waals surface area contributed by atoms with Crippen molar-refractivity contribution in [2.45, 2.75) is 44.9 Å². The SMILES string of the molecule is Cc1cc(C)cc(NS(=O)(=O)c2ccc(NC(=O)COc3ccc(C(C)(C)C)cc3Br)cc2)c1. The van der Waals surface area contributed by atoms with Gasteiger partial charge in [-0.25, -0.2) is 8.42 Å². The van der Waals surface area contributed by atoms with E-state index in [4.69, 9.17) is 4.74 Å². The van der Waals surface area contributed by atoms with Gasteiger partial charge in [0.2, 0.25) is 0 Å². The Labute approximate surface area is 209 Å². The van der Waals surface area contributed by atoms with Crippen LogP contribution in [0.2, 0.25) is 0 Å². The van der Waals surface area contributed by atoms with Gasteiger partial charge in [0.15, 0.2) is 6.61 Å². The Morgan fingerprint density at radius 3 is 2.09 bits per heavy atom. The van der Waals surface area contributed by atoms with Crippen molar-refractivity contribution in [3.63, 3.8) is 0 Å². The smallest absolute Gasteiger partial charge is 0.262 e. The number of anilines is 2. The summed E-state index contributed by atoms with van der Waals surface area (Å²) in [4.78, 5) is 12.4. The van der Waals surface area contributed by atoms with E-state index in [1.165, 1.54) is 12.1 Å². The number of nitrogens with one attached hydrogen (secondary N) is 2. The second-order valence-corrected chi connectivity index (χ2v) is 11.8. The molecule has 0 heterocycles. The van der Waals surface area contributed by atoms with Crippen LogP contribution < -0.4 is 14.8 Å². The molecule has 34 heavy (non-hydrogen) atoms. The zero-order chi connectivity index (χ0) is 25.1. The molecule has 6 nitrogen and oxygen atoms in total. The van der Waals surface area contributed by atoms with Gasteiger partial charge >= 0.3 is 0 Å². The second-order valence-electron chi connectivity index (χ2n) is 9.24. The summed E-state index contributed by atoms with van der Waals surface area (Å²) in [5.74, 6) is 0.220. The number of halogens is 1. The number of aryl methyl sites for hydroxylation is 2. The minimum absolute atomic E-state index is 0.00652. The molecule has 180 valence electrons. The predicted octanol–water partition coefficient (Wildman–Crippen LogP) is 6.18. The molecule has 0 aliphatic rings. The first-order valence-corrected chi connectivity index (χ1v) is 13.0. The van der Waals surface area contributed by atoms with Gasteiger partial charge in [-0.2, -0.15) is 0 Å². The van der Waals surface area contributed by atoms with Crippen LogP contribution in [0, 0.1) is 13.8 Å². The highest BCUT2D eigenvalue weighted by Crippen LogP contribution is 2.31. The summed E-state index contributed by atoms with van der Waals surface area (Å²) < 4.78 is 34.4. The summed E-state index contributed by atoms with van der Waals surface area (Å²) in [5.41, 5.74) is 4.07. The van der Waals surface area contributed by atoms with Crippen molar-refractivity contribution in [1.29, 1.82) is 0 Å². The Bertz CT molecular complexity index is 1280. The van der Waals surface area contributed by atoms with E-state index in [9.17, 15) is 13.2 Å². The fraction of sp³-hybridized carbons (Fsp3) is 0.269. The van der Waals surface area contributed by atoms with Gasteiger partial charge in [-0.15, -0.1) is 0 Å². The molecule has 2 N–H and O–H groups in total. The Hall–Kier alpha value is -2.84. The van der Waals surface area contributed by atoms with E-state index in [0.29, 0.717) is 17.1 Å². The third-order valence-electron chi connectivity index (χ3n) is 5.08. The molecule has 0 radical (unpaired) electrons. The van der Waals surface area contributed by atoms with Crippen molar-refractivity contribution in [3.05, 3.63) is 81.8 Å². The van der Waals surface area contributed by atoms with E-state index in [1.807, 2.05) is 38.1 Å². The van der Waals surface area contributed by atoms with Crippen LogP contribution in [0.25, 0.3) is 0 Å². The van der Waals surface area contributed by atoms with E-state index >= 15 is 0 Å². The first kappa shape index (κ1) is 25.8. The molecule has 3 aromatic rings. The van der Waals surface area contributed by atoms with Gasteiger partial charge in [0.25, 0.3) is 15.9 Å². The number of carbonyl (C=O) groups is 1. The Kier molecular flexibility index (Phi) is 7.73. The summed E-state index contributed by atoms with van der Waals surface area (Å²) in [6.45, 7) is 10.0. The largest absolute Gasteiger partial charge is 0.483 e. The lowest BCUT2D eigenvalue weighted by Gasteiger charge is -2.20. The van der Waals surface area contributed by atoms with Crippen LogP contribution in [0.3, 0.4) is 0 Å². The van der Waals surface area contributed by atoms with Crippen LogP contribution in [0.15, 0.2) is 70.0 Å². The average Bonchev–Trinajstić information content (AvgIpc) is 2.71. The van der Waals surface area contributed by atoms with Crippen molar-refractivity contribution in [2.24, 2.45) is 0 Å². The van der Waals surface area contributed by atoms with Crippen molar-refractivity contribution >= 4 is 43.2 Å². The maximum absolute atomic E-state index is 12.7. The lowest BCUT2D eigenvalue weighted by atomic mass is 9.87. The number of benzene rings is 3. The number of sulfonamides is 1. The van der Waals surface area contributed by atoms with E-state index in [1.54, 1.807) is 24.3 Å². The molecule has 0 atom stereocenters. The predicted molar refractivity (Wildman–Crippen MR) is 140 cm³/mol. The minimum Gasteiger partial charge on any atom is -0.483 e. The Morgan fingerprint density at radius 2 is 1.53 bits per heavy atom. The van der Waals surface area contributed by atoms with Gasteiger partial charge in [-0.1, -0.05) is 32.9 Å². The highest BCUT2D eigenvalue weighted by molar-refractivity contribution is 9.10. The van der Waals surface area contributed by atoms with Gasteiger partial charge in [-0.05, 0) is 100 Å². The molecule has 0 bridgehead atoms. The summed E-state index contributed by atoms with van der Waals surface area (Å²) >= 11 is 3.49. The highest BCUT2D eigenvalue weighted by atomic mass is 79.9. The highest BCUT2D eigenvalue weighted by Gasteiger charge is 2.17. The molecule has 1 amide bonds. The van der Waals surface area contributed by atoms with Gasteiger partial charge < -0.3 is 10.1 Å². The lowest BCUT2D eigenvalue weighted by Crippen LogP contribution is -2.20. The number of amides is 1. The molecule has 0 spiro atoms. The van der Waals surface area contributed by atoms with Crippen LogP contribution in [-0.4, -0.2) is 20.9 Å². The molecule has 0 aromatic heterocycles. The summed E-state index contributed by atoms with van der Waals surface area (Å²) in [6, 6.07) is 17.3. The van der Waals surface area contributed by atoms with Crippen molar-refractivity contribution in [3.8, 4) is 5.75 Å². The minimum atomic E-state index is -3.75. The standard InChI is InChI=1S/C26H29BrN2O4S/c1-17-12-18(2)14-21(13-17)29-34(31,32)22-9-7-20(8-10-22)28-25(30)16-33-24-11-6-19(15-23(24)27)26(3,4)5/h6-15,29H,16H2,1-5H3,(H,28,30). The third kappa shape index (κ3) is 6.84. The molecule has 0 saturated heterocycles.